The molecular weight excluding hydrogens is 148 g/mol. The molecule has 0 aromatic heterocycles. The molecule has 0 aromatic rings. The lowest BCUT2D eigenvalue weighted by atomic mass is 10.5. The van der Waals surface area contributed by atoms with E-state index < -0.39 is 0 Å². The molecule has 0 saturated heterocycles. The van der Waals surface area contributed by atoms with Gasteiger partial charge in [0.15, 0.2) is 0 Å². The van der Waals surface area contributed by atoms with Crippen molar-refractivity contribution in [2.24, 2.45) is 0 Å². The van der Waals surface area contributed by atoms with Gasteiger partial charge in [0.1, 0.15) is 0 Å². The fourth-order valence-electron chi connectivity index (χ4n) is 0.596. The Morgan fingerprint density at radius 1 is 1.56 bits per heavy atom. The lowest BCUT2D eigenvalue weighted by molar-refractivity contribution is 0.183. The molecule has 0 saturated carbocycles. The van der Waals surface area contributed by atoms with E-state index in [0.29, 0.717) is 9.52 Å². The summed E-state index contributed by atoms with van der Waals surface area (Å²) in [6.07, 6.45) is 3.35. The third kappa shape index (κ3) is 8.53. The summed E-state index contributed by atoms with van der Waals surface area (Å²) in [5.74, 6) is 0.866. The van der Waals surface area contributed by atoms with Gasteiger partial charge in [0.2, 0.25) is 0 Å². The largest absolute Gasteiger partial charge is 0.371 e. The van der Waals surface area contributed by atoms with Crippen LogP contribution in [0.2, 0.25) is 12.6 Å². The van der Waals surface area contributed by atoms with E-state index in [0.717, 1.165) is 12.5 Å². The second kappa shape index (κ2) is 8.53. The van der Waals surface area contributed by atoms with Gasteiger partial charge in [-0.1, -0.05) is 12.6 Å². The van der Waals surface area contributed by atoms with E-state index in [4.69, 9.17) is 4.74 Å². The van der Waals surface area contributed by atoms with Crippen LogP contribution in [0.3, 0.4) is 0 Å². The summed E-state index contributed by atoms with van der Waals surface area (Å²) in [4.78, 5) is 0. The molecule has 56 valence electrons. The van der Waals surface area contributed by atoms with Crippen LogP contribution in [0.1, 0.15) is 6.42 Å². The number of hydrogen-bond acceptors (Lipinski definition) is 2. The summed E-state index contributed by atoms with van der Waals surface area (Å²) < 4.78 is 5.27. The predicted molar refractivity (Wildman–Crippen MR) is 48.2 cm³/mol. The second-order valence-corrected chi connectivity index (χ2v) is 4.54. The van der Waals surface area contributed by atoms with Gasteiger partial charge in [0.25, 0.3) is 0 Å². The summed E-state index contributed by atoms with van der Waals surface area (Å²) in [6, 6.07) is 1.44. The molecule has 0 N–H and O–H groups in total. The van der Waals surface area contributed by atoms with Gasteiger partial charge in [-0.2, -0.15) is 0 Å². The molecule has 0 radical (unpaired) electrons. The fraction of sp³-hybridized carbons (Fsp3) is 1.00. The molecule has 0 spiro atoms. The zero-order valence-electron chi connectivity index (χ0n) is 6.35. The molecule has 0 rings (SSSR count). The van der Waals surface area contributed by atoms with Crippen LogP contribution >= 0.6 is 11.8 Å². The highest BCUT2D eigenvalue weighted by atomic mass is 32.2. The monoisotopic (exact) mass is 164 g/mol. The lowest BCUT2D eigenvalue weighted by Crippen LogP contribution is -1.94. The standard InChI is InChI=1S/C6H16OSSi/c1-8-6-7-4-3-5-9-2/h3-6,9H2,1-2H3. The Balaban J connectivity index is 2.60. The van der Waals surface area contributed by atoms with Gasteiger partial charge >= 0.3 is 0 Å². The van der Waals surface area contributed by atoms with Crippen LogP contribution in [-0.2, 0) is 4.74 Å². The first-order valence-corrected chi connectivity index (χ1v) is 7.29. The minimum Gasteiger partial charge on any atom is -0.371 e. The highest BCUT2D eigenvalue weighted by Gasteiger charge is 1.85. The van der Waals surface area contributed by atoms with Crippen LogP contribution in [0, 0.1) is 0 Å². The number of hydrogen-bond donors (Lipinski definition) is 0. The number of ether oxygens (including phenoxy) is 1. The molecule has 0 fully saturated rings. The Kier molecular flexibility index (Phi) is 9.03. The Morgan fingerprint density at radius 3 is 2.89 bits per heavy atom. The van der Waals surface area contributed by atoms with Gasteiger partial charge in [-0.05, 0) is 12.7 Å². The Bertz CT molecular complexity index is 46.3. The maximum absolute atomic E-state index is 5.27. The topological polar surface area (TPSA) is 9.23 Å². The molecule has 0 atom stereocenters. The molecule has 0 unspecified atom stereocenters. The first kappa shape index (κ1) is 9.53. The Hall–Kier alpha value is 0.527. The van der Waals surface area contributed by atoms with Crippen molar-refractivity contribution in [2.45, 2.75) is 19.0 Å². The van der Waals surface area contributed by atoms with Crippen molar-refractivity contribution >= 4 is 21.3 Å². The van der Waals surface area contributed by atoms with Crippen LogP contribution in [-0.4, -0.2) is 28.3 Å². The average Bonchev–Trinajstić information content (AvgIpc) is 1.89. The van der Waals surface area contributed by atoms with Crippen LogP contribution in [0.15, 0.2) is 0 Å². The molecule has 1 nitrogen and oxygen atoms in total. The highest BCUT2D eigenvalue weighted by Crippen LogP contribution is 1.95. The van der Waals surface area contributed by atoms with Crippen molar-refractivity contribution in [1.29, 1.82) is 0 Å². The zero-order valence-corrected chi connectivity index (χ0v) is 8.58. The molecule has 0 aliphatic carbocycles. The lowest BCUT2D eigenvalue weighted by Gasteiger charge is -1.98. The van der Waals surface area contributed by atoms with E-state index in [2.05, 4.69) is 12.8 Å². The normalized spacial score (nSPS) is 11.3. The SMILES string of the molecule is C[SiH2]CCCOCSC. The summed E-state index contributed by atoms with van der Waals surface area (Å²) in [5, 5.41) is 0. The minimum absolute atomic E-state index is 0.293. The third-order valence-electron chi connectivity index (χ3n) is 1.09. The van der Waals surface area contributed by atoms with E-state index in [1.807, 2.05) is 0 Å². The smallest absolute Gasteiger partial charge is 0.0918 e. The average molecular weight is 164 g/mol. The third-order valence-corrected chi connectivity index (χ3v) is 2.70. The van der Waals surface area contributed by atoms with Crippen LogP contribution in [0.5, 0.6) is 0 Å². The second-order valence-electron chi connectivity index (χ2n) is 2.02. The number of thioether (sulfide) groups is 1. The van der Waals surface area contributed by atoms with Crippen molar-refractivity contribution in [3.8, 4) is 0 Å². The molecule has 0 aliphatic heterocycles. The molecule has 9 heavy (non-hydrogen) atoms. The van der Waals surface area contributed by atoms with E-state index >= 15 is 0 Å². The van der Waals surface area contributed by atoms with Gasteiger partial charge in [0, 0.05) is 16.1 Å². The molecule has 0 aliphatic rings. The quantitative estimate of drug-likeness (QED) is 0.333. The van der Waals surface area contributed by atoms with Crippen LogP contribution in [0.25, 0.3) is 0 Å². The van der Waals surface area contributed by atoms with Gasteiger partial charge in [-0.3, -0.25) is 0 Å². The predicted octanol–water partition coefficient (Wildman–Crippen LogP) is 1.35. The van der Waals surface area contributed by atoms with Gasteiger partial charge in [-0.15, -0.1) is 11.8 Å². The Morgan fingerprint density at radius 2 is 2.33 bits per heavy atom. The van der Waals surface area contributed by atoms with E-state index in [1.54, 1.807) is 11.8 Å². The van der Waals surface area contributed by atoms with E-state index in [-0.39, 0.29) is 0 Å². The molecule has 0 amide bonds. The maximum Gasteiger partial charge on any atom is 0.0918 e. The first-order valence-electron chi connectivity index (χ1n) is 3.48. The summed E-state index contributed by atoms with van der Waals surface area (Å²) in [6.45, 7) is 3.32. The van der Waals surface area contributed by atoms with E-state index in [1.165, 1.54) is 12.5 Å². The van der Waals surface area contributed by atoms with Crippen molar-refractivity contribution in [3.63, 3.8) is 0 Å². The summed E-state index contributed by atoms with van der Waals surface area (Å²) in [5.41, 5.74) is 0. The maximum atomic E-state index is 5.27. The van der Waals surface area contributed by atoms with Crippen molar-refractivity contribution in [1.82, 2.24) is 0 Å². The highest BCUT2D eigenvalue weighted by molar-refractivity contribution is 7.98. The Labute approximate surface area is 64.4 Å². The van der Waals surface area contributed by atoms with Crippen molar-refractivity contribution in [3.05, 3.63) is 0 Å². The minimum atomic E-state index is 0.293. The molecule has 0 heterocycles. The molecule has 0 bridgehead atoms. The van der Waals surface area contributed by atoms with Crippen molar-refractivity contribution in [2.75, 3.05) is 18.8 Å². The molecular formula is C6H16OSSi. The zero-order chi connectivity index (χ0) is 6.95. The summed E-state index contributed by atoms with van der Waals surface area (Å²) in [7, 11) is 0.293. The molecule has 3 heteroatoms. The van der Waals surface area contributed by atoms with Crippen molar-refractivity contribution < 1.29 is 4.74 Å². The van der Waals surface area contributed by atoms with Gasteiger partial charge in [-0.25, -0.2) is 0 Å². The van der Waals surface area contributed by atoms with Gasteiger partial charge in [0.05, 0.1) is 5.94 Å². The molecule has 0 aromatic carbocycles. The first-order chi connectivity index (χ1) is 4.41. The van der Waals surface area contributed by atoms with Gasteiger partial charge < -0.3 is 4.74 Å². The van der Waals surface area contributed by atoms with Crippen LogP contribution < -0.4 is 0 Å². The van der Waals surface area contributed by atoms with Crippen LogP contribution in [0.4, 0.5) is 0 Å². The fourth-order valence-corrected chi connectivity index (χ4v) is 1.59. The number of rotatable bonds is 6. The van der Waals surface area contributed by atoms with E-state index in [9.17, 15) is 0 Å². The summed E-state index contributed by atoms with van der Waals surface area (Å²) >= 11 is 1.75.